The maximum Gasteiger partial charge on any atom is 0.283 e. The molecule has 7 heteroatoms. The normalized spacial score (nSPS) is 11.8. The molecule has 0 spiro atoms. The minimum Gasteiger partial charge on any atom is -0.494 e. The molecular weight excluding hydrogens is 388 g/mol. The number of benzene rings is 2. The average molecular weight is 415 g/mol. The van der Waals surface area contributed by atoms with Crippen molar-refractivity contribution < 1.29 is 19.0 Å². The summed E-state index contributed by atoms with van der Waals surface area (Å²) in [6, 6.07) is 13.1. The van der Waals surface area contributed by atoms with E-state index >= 15 is 0 Å². The van der Waals surface area contributed by atoms with Crippen molar-refractivity contribution in [3.63, 3.8) is 0 Å². The Bertz CT molecular complexity index is 1040. The molecule has 1 amide bonds. The summed E-state index contributed by atoms with van der Waals surface area (Å²) in [7, 11) is 0. The highest BCUT2D eigenvalue weighted by molar-refractivity contribution is 7.16. The minimum atomic E-state index is -0.323. The smallest absolute Gasteiger partial charge is 0.283 e. The largest absolute Gasteiger partial charge is 0.494 e. The molecule has 6 nitrogen and oxygen atoms in total. The van der Waals surface area contributed by atoms with Crippen molar-refractivity contribution >= 4 is 27.5 Å². The average Bonchev–Trinajstić information content (AvgIpc) is 3.05. The molecule has 0 aliphatic rings. The van der Waals surface area contributed by atoms with E-state index in [0.717, 1.165) is 16.0 Å². The first kappa shape index (κ1) is 21.1. The van der Waals surface area contributed by atoms with Gasteiger partial charge in [0.05, 0.1) is 35.6 Å². The maximum absolute atomic E-state index is 12.9. The molecule has 0 atom stereocenters. The summed E-state index contributed by atoms with van der Waals surface area (Å²) in [4.78, 5) is 18.0. The molecule has 0 aliphatic heterocycles. The Morgan fingerprint density at radius 3 is 2.59 bits per heavy atom. The number of hydrogen-bond acceptors (Lipinski definition) is 5. The minimum absolute atomic E-state index is 0.323. The van der Waals surface area contributed by atoms with Crippen LogP contribution < -0.4 is 14.3 Å². The van der Waals surface area contributed by atoms with Gasteiger partial charge in [0.1, 0.15) is 11.5 Å². The molecule has 0 aliphatic carbocycles. The van der Waals surface area contributed by atoms with Crippen LogP contribution in [-0.2, 0) is 11.3 Å². The molecule has 0 N–H and O–H groups in total. The van der Waals surface area contributed by atoms with Gasteiger partial charge in [0.25, 0.3) is 5.91 Å². The first-order valence-corrected chi connectivity index (χ1v) is 10.6. The van der Waals surface area contributed by atoms with Gasteiger partial charge in [-0.2, -0.15) is 4.99 Å². The summed E-state index contributed by atoms with van der Waals surface area (Å²) >= 11 is 1.46. The van der Waals surface area contributed by atoms with Gasteiger partial charge in [-0.3, -0.25) is 4.79 Å². The molecule has 0 radical (unpaired) electrons. The third-order valence-electron chi connectivity index (χ3n) is 4.24. The maximum atomic E-state index is 12.9. The Labute approximate surface area is 174 Å². The van der Waals surface area contributed by atoms with Crippen LogP contribution in [-0.4, -0.2) is 36.9 Å². The Balaban J connectivity index is 2.06. The van der Waals surface area contributed by atoms with Crippen molar-refractivity contribution in [2.75, 3.05) is 26.4 Å². The standard InChI is InChI=1S/C22H26N2O4S/c1-4-26-14-13-24-18-12-11-16(27-5-2)15-20(18)29-22(24)23-21(25)17-9-7-8-10-19(17)28-6-3/h7-12,15H,4-6,13-14H2,1-3H3. The van der Waals surface area contributed by atoms with Crippen molar-refractivity contribution in [2.45, 2.75) is 27.3 Å². The van der Waals surface area contributed by atoms with E-state index in [1.54, 1.807) is 12.1 Å². The lowest BCUT2D eigenvalue weighted by molar-refractivity contribution is 0.0993. The van der Waals surface area contributed by atoms with Crippen LogP contribution in [0.4, 0.5) is 0 Å². The van der Waals surface area contributed by atoms with E-state index in [2.05, 4.69) is 4.99 Å². The topological polar surface area (TPSA) is 62.1 Å². The van der Waals surface area contributed by atoms with E-state index in [1.807, 2.05) is 55.7 Å². The van der Waals surface area contributed by atoms with E-state index in [0.29, 0.717) is 49.1 Å². The van der Waals surface area contributed by atoms with Crippen LogP contribution in [0.2, 0.25) is 0 Å². The number of fused-ring (bicyclic) bond motifs is 1. The Morgan fingerprint density at radius 1 is 1.03 bits per heavy atom. The van der Waals surface area contributed by atoms with Crippen molar-refractivity contribution in [1.29, 1.82) is 0 Å². The van der Waals surface area contributed by atoms with Crippen molar-refractivity contribution in [3.8, 4) is 11.5 Å². The zero-order chi connectivity index (χ0) is 20.6. The highest BCUT2D eigenvalue weighted by Crippen LogP contribution is 2.24. The molecule has 1 heterocycles. The van der Waals surface area contributed by atoms with Crippen molar-refractivity contribution in [2.24, 2.45) is 4.99 Å². The van der Waals surface area contributed by atoms with Gasteiger partial charge in [-0.05, 0) is 51.1 Å². The lowest BCUT2D eigenvalue weighted by Gasteiger charge is -2.08. The van der Waals surface area contributed by atoms with Crippen molar-refractivity contribution in [3.05, 3.63) is 52.8 Å². The van der Waals surface area contributed by atoms with Gasteiger partial charge in [-0.15, -0.1) is 0 Å². The van der Waals surface area contributed by atoms with Crippen LogP contribution >= 0.6 is 11.3 Å². The van der Waals surface area contributed by atoms with Crippen LogP contribution in [0.25, 0.3) is 10.2 Å². The molecule has 1 aromatic heterocycles. The molecule has 2 aromatic carbocycles. The second-order valence-corrected chi connectivity index (χ2v) is 7.15. The number of aromatic nitrogens is 1. The number of carbonyl (C=O) groups is 1. The third kappa shape index (κ3) is 5.05. The molecule has 0 bridgehead atoms. The van der Waals surface area contributed by atoms with Crippen LogP contribution in [0.1, 0.15) is 31.1 Å². The molecule has 3 aromatic rings. The Hall–Kier alpha value is -2.64. The Morgan fingerprint density at radius 2 is 1.83 bits per heavy atom. The third-order valence-corrected chi connectivity index (χ3v) is 5.28. The SMILES string of the molecule is CCOCCn1c(=NC(=O)c2ccccc2OCC)sc2cc(OCC)ccc21. The van der Waals surface area contributed by atoms with Gasteiger partial charge in [0, 0.05) is 13.2 Å². The van der Waals surface area contributed by atoms with Crippen molar-refractivity contribution in [1.82, 2.24) is 4.57 Å². The fraction of sp³-hybridized carbons (Fsp3) is 0.364. The molecule has 0 saturated heterocycles. The molecular formula is C22H26N2O4S. The van der Waals surface area contributed by atoms with Crippen LogP contribution in [0.5, 0.6) is 11.5 Å². The molecule has 154 valence electrons. The number of hydrogen-bond donors (Lipinski definition) is 0. The number of rotatable bonds is 9. The predicted octanol–water partition coefficient (Wildman–Crippen LogP) is 4.28. The molecule has 0 saturated carbocycles. The van der Waals surface area contributed by atoms with Crippen LogP contribution in [0, 0.1) is 0 Å². The second kappa shape index (κ2) is 10.2. The van der Waals surface area contributed by atoms with Gasteiger partial charge in [0.15, 0.2) is 4.80 Å². The number of ether oxygens (including phenoxy) is 3. The number of nitrogens with zero attached hydrogens (tertiary/aromatic N) is 2. The zero-order valence-corrected chi connectivity index (χ0v) is 17.8. The fourth-order valence-electron chi connectivity index (χ4n) is 2.98. The number of thiazole rings is 1. The number of amides is 1. The van der Waals surface area contributed by atoms with Gasteiger partial charge < -0.3 is 18.8 Å². The second-order valence-electron chi connectivity index (χ2n) is 6.14. The van der Waals surface area contributed by atoms with E-state index in [1.165, 1.54) is 11.3 Å². The quantitative estimate of drug-likeness (QED) is 0.491. The van der Waals surface area contributed by atoms with Crippen LogP contribution in [0.3, 0.4) is 0 Å². The fourth-order valence-corrected chi connectivity index (χ4v) is 4.07. The molecule has 29 heavy (non-hydrogen) atoms. The van der Waals surface area contributed by atoms with Gasteiger partial charge in [0.2, 0.25) is 0 Å². The molecule has 0 unspecified atom stereocenters. The monoisotopic (exact) mass is 414 g/mol. The predicted molar refractivity (Wildman–Crippen MR) is 115 cm³/mol. The Kier molecular flexibility index (Phi) is 7.43. The van der Waals surface area contributed by atoms with E-state index in [9.17, 15) is 4.79 Å². The summed E-state index contributed by atoms with van der Waals surface area (Å²) in [6.07, 6.45) is 0. The lowest BCUT2D eigenvalue weighted by atomic mass is 10.2. The zero-order valence-electron chi connectivity index (χ0n) is 17.0. The summed E-state index contributed by atoms with van der Waals surface area (Å²) in [5, 5.41) is 0. The summed E-state index contributed by atoms with van der Waals surface area (Å²) < 4.78 is 19.8. The number of carbonyl (C=O) groups excluding carboxylic acids is 1. The summed E-state index contributed by atoms with van der Waals surface area (Å²) in [5.41, 5.74) is 1.46. The first-order chi connectivity index (χ1) is 14.2. The highest BCUT2D eigenvalue weighted by Gasteiger charge is 2.13. The van der Waals surface area contributed by atoms with Gasteiger partial charge >= 0.3 is 0 Å². The van der Waals surface area contributed by atoms with E-state index in [4.69, 9.17) is 14.2 Å². The van der Waals surface area contributed by atoms with E-state index in [-0.39, 0.29) is 5.91 Å². The molecule has 0 fully saturated rings. The lowest BCUT2D eigenvalue weighted by Crippen LogP contribution is -2.20. The summed E-state index contributed by atoms with van der Waals surface area (Å²) in [5.74, 6) is 1.03. The van der Waals surface area contributed by atoms with E-state index < -0.39 is 0 Å². The summed E-state index contributed by atoms with van der Waals surface area (Å²) in [6.45, 7) is 8.70. The number of para-hydroxylation sites is 1. The van der Waals surface area contributed by atoms with Crippen LogP contribution in [0.15, 0.2) is 47.5 Å². The van der Waals surface area contributed by atoms with Gasteiger partial charge in [-0.1, -0.05) is 23.5 Å². The molecule has 3 rings (SSSR count). The highest BCUT2D eigenvalue weighted by atomic mass is 32.1. The first-order valence-electron chi connectivity index (χ1n) is 9.82. The van der Waals surface area contributed by atoms with Gasteiger partial charge in [-0.25, -0.2) is 0 Å².